The summed E-state index contributed by atoms with van der Waals surface area (Å²) in [5.74, 6) is -0.161. The molecule has 1 aliphatic rings. The number of hydrogen-bond donors (Lipinski definition) is 1. The largest absolute Gasteiger partial charge is 0.333 e. The molecule has 1 fully saturated rings. The maximum absolute atomic E-state index is 11.6. The second-order valence-electron chi connectivity index (χ2n) is 3.56. The minimum atomic E-state index is -0.216. The van der Waals surface area contributed by atoms with Gasteiger partial charge in [0.1, 0.15) is 5.51 Å². The smallest absolute Gasteiger partial charge is 0.245 e. The topological polar surface area (TPSA) is 75.2 Å². The van der Waals surface area contributed by atoms with Crippen LogP contribution in [0.2, 0.25) is 0 Å². The number of likely N-dealkylation sites (tertiary alicyclic amines) is 1. The van der Waals surface area contributed by atoms with Crippen molar-refractivity contribution in [3.8, 4) is 0 Å². The van der Waals surface area contributed by atoms with Gasteiger partial charge in [0.15, 0.2) is 0 Å². The number of nitrogens with zero attached hydrogens (tertiary/aromatic N) is 3. The Morgan fingerprint density at radius 2 is 2.44 bits per heavy atom. The molecule has 0 spiro atoms. The van der Waals surface area contributed by atoms with Gasteiger partial charge in [-0.2, -0.15) is 0 Å². The summed E-state index contributed by atoms with van der Waals surface area (Å²) < 4.78 is 0. The number of anilines is 1. The van der Waals surface area contributed by atoms with E-state index in [2.05, 4.69) is 15.5 Å². The molecule has 0 radical (unpaired) electrons. The van der Waals surface area contributed by atoms with Crippen molar-refractivity contribution in [2.24, 2.45) is 0 Å². The van der Waals surface area contributed by atoms with Crippen molar-refractivity contribution in [1.29, 1.82) is 0 Å². The lowest BCUT2D eigenvalue weighted by atomic mass is 10.1. The first-order chi connectivity index (χ1) is 7.75. The van der Waals surface area contributed by atoms with Crippen molar-refractivity contribution in [1.82, 2.24) is 15.1 Å². The standard InChI is InChI=1S/C9H12N4O2S/c14-7(11-9-12-10-6-16-9)5-13-4-2-1-3-8(13)15/h6H,1-5H2,(H,11,12,14). The molecule has 0 aromatic carbocycles. The van der Waals surface area contributed by atoms with Crippen LogP contribution in [0.5, 0.6) is 0 Å². The zero-order valence-corrected chi connectivity index (χ0v) is 9.50. The number of piperidine rings is 1. The van der Waals surface area contributed by atoms with Gasteiger partial charge < -0.3 is 4.90 Å². The predicted octanol–water partition coefficient (Wildman–Crippen LogP) is 0.489. The predicted molar refractivity (Wildman–Crippen MR) is 59.0 cm³/mol. The Kier molecular flexibility index (Phi) is 3.45. The molecule has 2 rings (SSSR count). The zero-order chi connectivity index (χ0) is 11.4. The molecule has 0 aliphatic carbocycles. The van der Waals surface area contributed by atoms with Crippen molar-refractivity contribution in [2.75, 3.05) is 18.4 Å². The highest BCUT2D eigenvalue weighted by atomic mass is 32.1. The fraction of sp³-hybridized carbons (Fsp3) is 0.556. The van der Waals surface area contributed by atoms with E-state index in [1.165, 1.54) is 11.3 Å². The van der Waals surface area contributed by atoms with Gasteiger partial charge in [-0.1, -0.05) is 11.3 Å². The van der Waals surface area contributed by atoms with E-state index >= 15 is 0 Å². The summed E-state index contributed by atoms with van der Waals surface area (Å²) in [6.07, 6.45) is 2.44. The molecule has 0 unspecified atom stereocenters. The normalized spacial score (nSPS) is 16.2. The van der Waals surface area contributed by atoms with E-state index in [9.17, 15) is 9.59 Å². The van der Waals surface area contributed by atoms with Crippen LogP contribution in [0.25, 0.3) is 0 Å². The zero-order valence-electron chi connectivity index (χ0n) is 8.68. The maximum Gasteiger partial charge on any atom is 0.245 e. The Hall–Kier alpha value is -1.50. The molecule has 1 aromatic rings. The van der Waals surface area contributed by atoms with Gasteiger partial charge in [0.2, 0.25) is 16.9 Å². The number of hydrogen-bond acceptors (Lipinski definition) is 5. The third-order valence-corrected chi connectivity index (χ3v) is 2.97. The summed E-state index contributed by atoms with van der Waals surface area (Å²) in [6.45, 7) is 0.779. The molecular formula is C9H12N4O2S. The van der Waals surface area contributed by atoms with Crippen molar-refractivity contribution in [2.45, 2.75) is 19.3 Å². The van der Waals surface area contributed by atoms with Crippen molar-refractivity contribution >= 4 is 28.3 Å². The molecule has 16 heavy (non-hydrogen) atoms. The van der Waals surface area contributed by atoms with Gasteiger partial charge in [0.25, 0.3) is 0 Å². The molecule has 1 N–H and O–H groups in total. The first kappa shape index (κ1) is 11.0. The highest BCUT2D eigenvalue weighted by molar-refractivity contribution is 7.13. The van der Waals surface area contributed by atoms with E-state index in [0.29, 0.717) is 18.1 Å². The van der Waals surface area contributed by atoms with Crippen LogP contribution in [0.4, 0.5) is 5.13 Å². The van der Waals surface area contributed by atoms with Gasteiger partial charge in [-0.25, -0.2) is 0 Å². The third kappa shape index (κ3) is 2.75. The molecule has 7 heteroatoms. The SMILES string of the molecule is O=C(CN1CCCCC1=O)Nc1nncs1. The van der Waals surface area contributed by atoms with Crippen molar-refractivity contribution < 1.29 is 9.59 Å². The molecule has 6 nitrogen and oxygen atoms in total. The number of amides is 2. The average molecular weight is 240 g/mol. The Bertz CT molecular complexity index is 379. The number of carbonyl (C=O) groups excluding carboxylic acids is 2. The van der Waals surface area contributed by atoms with E-state index in [1.807, 2.05) is 0 Å². The van der Waals surface area contributed by atoms with Crippen LogP contribution in [-0.4, -0.2) is 40.0 Å². The van der Waals surface area contributed by atoms with Gasteiger partial charge in [-0.15, -0.1) is 10.2 Å². The van der Waals surface area contributed by atoms with Gasteiger partial charge in [-0.05, 0) is 12.8 Å². The fourth-order valence-corrected chi connectivity index (χ4v) is 2.05. The minimum absolute atomic E-state index is 0.0543. The summed E-state index contributed by atoms with van der Waals surface area (Å²) >= 11 is 1.26. The van der Waals surface area contributed by atoms with Gasteiger partial charge in [0.05, 0.1) is 6.54 Å². The molecule has 2 heterocycles. The van der Waals surface area contributed by atoms with Crippen molar-refractivity contribution in [3.05, 3.63) is 5.51 Å². The van der Waals surface area contributed by atoms with Crippen molar-refractivity contribution in [3.63, 3.8) is 0 Å². The summed E-state index contributed by atoms with van der Waals surface area (Å²) in [5, 5.41) is 10.4. The second-order valence-corrected chi connectivity index (χ2v) is 4.40. The molecule has 1 saturated heterocycles. The quantitative estimate of drug-likeness (QED) is 0.834. The Morgan fingerprint density at radius 1 is 1.56 bits per heavy atom. The lowest BCUT2D eigenvalue weighted by Crippen LogP contribution is -2.40. The summed E-state index contributed by atoms with van der Waals surface area (Å²) in [5.41, 5.74) is 1.54. The molecule has 0 atom stereocenters. The molecular weight excluding hydrogens is 228 g/mol. The number of carbonyl (C=O) groups is 2. The van der Waals surface area contributed by atoms with Gasteiger partial charge in [0, 0.05) is 13.0 Å². The molecule has 0 saturated carbocycles. The fourth-order valence-electron chi connectivity index (χ4n) is 1.59. The summed E-state index contributed by atoms with van der Waals surface area (Å²) in [7, 11) is 0. The number of aromatic nitrogens is 2. The molecule has 1 aliphatic heterocycles. The second kappa shape index (κ2) is 5.02. The third-order valence-electron chi connectivity index (χ3n) is 2.36. The first-order valence-electron chi connectivity index (χ1n) is 5.09. The van der Waals surface area contributed by atoms with Crippen LogP contribution in [0.3, 0.4) is 0 Å². The number of rotatable bonds is 3. The van der Waals surface area contributed by atoms with Crippen LogP contribution >= 0.6 is 11.3 Å². The highest BCUT2D eigenvalue weighted by Gasteiger charge is 2.20. The van der Waals surface area contributed by atoms with E-state index < -0.39 is 0 Å². The lowest BCUT2D eigenvalue weighted by Gasteiger charge is -2.25. The first-order valence-corrected chi connectivity index (χ1v) is 5.97. The monoisotopic (exact) mass is 240 g/mol. The molecule has 1 aromatic heterocycles. The number of nitrogens with one attached hydrogen (secondary N) is 1. The van der Waals surface area contributed by atoms with Crippen LogP contribution in [0, 0.1) is 0 Å². The Morgan fingerprint density at radius 3 is 3.12 bits per heavy atom. The van der Waals surface area contributed by atoms with Gasteiger partial charge >= 0.3 is 0 Å². The maximum atomic E-state index is 11.6. The van der Waals surface area contributed by atoms with E-state index in [0.717, 1.165) is 12.8 Å². The Balaban J connectivity index is 1.84. The van der Waals surface area contributed by atoms with Crippen LogP contribution in [-0.2, 0) is 9.59 Å². The van der Waals surface area contributed by atoms with E-state index in [1.54, 1.807) is 10.4 Å². The van der Waals surface area contributed by atoms with Crippen LogP contribution < -0.4 is 5.32 Å². The summed E-state index contributed by atoms with van der Waals surface area (Å²) in [6, 6.07) is 0. The van der Waals surface area contributed by atoms with Crippen LogP contribution in [0.1, 0.15) is 19.3 Å². The Labute approximate surface area is 96.7 Å². The van der Waals surface area contributed by atoms with E-state index in [-0.39, 0.29) is 18.4 Å². The average Bonchev–Trinajstić information content (AvgIpc) is 2.74. The van der Waals surface area contributed by atoms with Gasteiger partial charge in [-0.3, -0.25) is 14.9 Å². The van der Waals surface area contributed by atoms with E-state index in [4.69, 9.17) is 0 Å². The molecule has 2 amide bonds. The highest BCUT2D eigenvalue weighted by Crippen LogP contribution is 2.11. The lowest BCUT2D eigenvalue weighted by molar-refractivity contribution is -0.136. The summed E-state index contributed by atoms with van der Waals surface area (Å²) in [4.78, 5) is 24.6. The molecule has 0 bridgehead atoms. The minimum Gasteiger partial charge on any atom is -0.333 e. The van der Waals surface area contributed by atoms with Crippen LogP contribution in [0.15, 0.2) is 5.51 Å². The molecule has 86 valence electrons.